The summed E-state index contributed by atoms with van der Waals surface area (Å²) in [5.74, 6) is 0.307. The molecule has 0 unspecified atom stereocenters. The van der Waals surface area contributed by atoms with E-state index < -0.39 is 0 Å². The van der Waals surface area contributed by atoms with Crippen molar-refractivity contribution < 1.29 is 9.21 Å². The molecule has 0 saturated heterocycles. The quantitative estimate of drug-likeness (QED) is 0.339. The Hall–Kier alpha value is -4.15. The standard InChI is InChI=1S/C15H11N3O2.C11H13ClN2/c19-14(11-4-2-1-3-5-11)17-13-8-6-12(7-9-13)15-18-16-10-20-15;1-3-6-14-10-5-4-9(7-13)11(12)8(10)2/h1-10H,(H,17,19);4-5,14H,3,6H2,1-2H3. The number of hydrogen-bond acceptors (Lipinski definition) is 6. The minimum absolute atomic E-state index is 0.142. The zero-order valence-corrected chi connectivity index (χ0v) is 19.6. The number of nitriles is 1. The smallest absolute Gasteiger partial charge is 0.255 e. The topological polar surface area (TPSA) is 104 Å². The maximum Gasteiger partial charge on any atom is 0.255 e. The van der Waals surface area contributed by atoms with Gasteiger partial charge in [0, 0.05) is 29.0 Å². The maximum atomic E-state index is 12.0. The first kappa shape index (κ1) is 24.5. The molecule has 1 amide bonds. The number of nitrogens with one attached hydrogen (secondary N) is 2. The first-order valence-electron chi connectivity index (χ1n) is 10.7. The highest BCUT2D eigenvalue weighted by Crippen LogP contribution is 2.26. The Morgan fingerprint density at radius 3 is 2.44 bits per heavy atom. The van der Waals surface area contributed by atoms with Gasteiger partial charge >= 0.3 is 0 Å². The first-order valence-corrected chi connectivity index (χ1v) is 11.1. The van der Waals surface area contributed by atoms with Crippen molar-refractivity contribution >= 4 is 28.9 Å². The summed E-state index contributed by atoms with van der Waals surface area (Å²) in [5.41, 5.74) is 4.62. The molecule has 0 aliphatic rings. The Kier molecular flexibility index (Phi) is 8.78. The average Bonchev–Trinajstić information content (AvgIpc) is 3.41. The number of aromatic nitrogens is 2. The number of hydrogen-bond donors (Lipinski definition) is 2. The monoisotopic (exact) mass is 473 g/mol. The van der Waals surface area contributed by atoms with Crippen LogP contribution in [0.2, 0.25) is 5.02 Å². The second kappa shape index (κ2) is 12.2. The lowest BCUT2D eigenvalue weighted by Gasteiger charge is -2.10. The highest BCUT2D eigenvalue weighted by molar-refractivity contribution is 6.32. The molecule has 0 bridgehead atoms. The molecule has 0 atom stereocenters. The van der Waals surface area contributed by atoms with Gasteiger partial charge in [-0.05, 0) is 67.4 Å². The Morgan fingerprint density at radius 2 is 1.82 bits per heavy atom. The maximum absolute atomic E-state index is 12.0. The molecular weight excluding hydrogens is 450 g/mol. The van der Waals surface area contributed by atoms with Crippen molar-refractivity contribution in [3.05, 3.63) is 94.8 Å². The van der Waals surface area contributed by atoms with Crippen LogP contribution in [0.4, 0.5) is 11.4 Å². The lowest BCUT2D eigenvalue weighted by atomic mass is 10.1. The highest BCUT2D eigenvalue weighted by atomic mass is 35.5. The largest absolute Gasteiger partial charge is 0.423 e. The van der Waals surface area contributed by atoms with Crippen molar-refractivity contribution in [2.45, 2.75) is 20.3 Å². The molecule has 4 aromatic rings. The van der Waals surface area contributed by atoms with Gasteiger partial charge in [0.15, 0.2) is 0 Å². The van der Waals surface area contributed by atoms with Crippen LogP contribution in [0.1, 0.15) is 34.8 Å². The van der Waals surface area contributed by atoms with Crippen LogP contribution in [0.3, 0.4) is 0 Å². The normalized spacial score (nSPS) is 9.94. The summed E-state index contributed by atoms with van der Waals surface area (Å²) in [6.45, 7) is 4.94. The summed E-state index contributed by atoms with van der Waals surface area (Å²) in [5, 5.41) is 22.8. The van der Waals surface area contributed by atoms with Crippen LogP contribution in [0.25, 0.3) is 11.5 Å². The fourth-order valence-electron chi connectivity index (χ4n) is 3.01. The Bertz CT molecular complexity index is 1250. The van der Waals surface area contributed by atoms with Crippen molar-refractivity contribution in [3.63, 3.8) is 0 Å². The molecular formula is C26H24ClN5O2. The SMILES string of the molecule is CCCNc1ccc(C#N)c(Cl)c1C.O=C(Nc1ccc(-c2nnco2)cc1)c1ccccc1. The fraction of sp³-hybridized carbons (Fsp3) is 0.154. The molecule has 0 fully saturated rings. The molecule has 172 valence electrons. The molecule has 7 nitrogen and oxygen atoms in total. The predicted octanol–water partition coefficient (Wildman–Crippen LogP) is 6.33. The number of carbonyl (C=O) groups excluding carboxylic acids is 1. The number of nitrogens with zero attached hydrogens (tertiary/aromatic N) is 3. The van der Waals surface area contributed by atoms with Gasteiger partial charge < -0.3 is 15.1 Å². The van der Waals surface area contributed by atoms with Crippen molar-refractivity contribution in [1.82, 2.24) is 10.2 Å². The molecule has 4 rings (SSSR count). The molecule has 8 heteroatoms. The molecule has 0 aliphatic heterocycles. The zero-order chi connectivity index (χ0) is 24.3. The van der Waals surface area contributed by atoms with E-state index in [9.17, 15) is 4.79 Å². The summed E-state index contributed by atoms with van der Waals surface area (Å²) < 4.78 is 5.10. The molecule has 0 saturated carbocycles. The van der Waals surface area contributed by atoms with Crippen molar-refractivity contribution in [2.75, 3.05) is 17.2 Å². The molecule has 0 radical (unpaired) electrons. The average molecular weight is 474 g/mol. The molecule has 3 aromatic carbocycles. The van der Waals surface area contributed by atoms with E-state index in [1.807, 2.05) is 43.3 Å². The third kappa shape index (κ3) is 6.44. The number of benzene rings is 3. The van der Waals surface area contributed by atoms with Crippen LogP contribution in [-0.4, -0.2) is 22.6 Å². The van der Waals surface area contributed by atoms with E-state index in [1.165, 1.54) is 6.39 Å². The Balaban J connectivity index is 0.000000204. The number of amides is 1. The van der Waals surface area contributed by atoms with Crippen molar-refractivity contribution in [1.29, 1.82) is 5.26 Å². The van der Waals surface area contributed by atoms with Crippen LogP contribution in [0.15, 0.2) is 77.5 Å². The Morgan fingerprint density at radius 1 is 1.09 bits per heavy atom. The van der Waals surface area contributed by atoms with Gasteiger partial charge in [0.25, 0.3) is 5.91 Å². The second-order valence-electron chi connectivity index (χ2n) is 7.28. The summed E-state index contributed by atoms with van der Waals surface area (Å²) in [6.07, 6.45) is 2.34. The number of anilines is 2. The third-order valence-electron chi connectivity index (χ3n) is 4.86. The minimum atomic E-state index is -0.142. The van der Waals surface area contributed by atoms with E-state index in [4.69, 9.17) is 21.3 Å². The van der Waals surface area contributed by atoms with E-state index in [1.54, 1.807) is 30.3 Å². The van der Waals surface area contributed by atoms with Crippen LogP contribution < -0.4 is 10.6 Å². The minimum Gasteiger partial charge on any atom is -0.423 e. The second-order valence-corrected chi connectivity index (χ2v) is 7.66. The van der Waals surface area contributed by atoms with Gasteiger partial charge in [0.05, 0.1) is 10.6 Å². The number of halogens is 1. The molecule has 1 aromatic heterocycles. The van der Waals surface area contributed by atoms with E-state index in [-0.39, 0.29) is 5.91 Å². The summed E-state index contributed by atoms with van der Waals surface area (Å²) >= 11 is 6.01. The van der Waals surface area contributed by atoms with Crippen molar-refractivity contribution in [3.8, 4) is 17.5 Å². The molecule has 0 aliphatic carbocycles. The van der Waals surface area contributed by atoms with Gasteiger partial charge in [0.1, 0.15) is 6.07 Å². The number of carbonyl (C=O) groups is 1. The van der Waals surface area contributed by atoms with E-state index >= 15 is 0 Å². The van der Waals surface area contributed by atoms with Gasteiger partial charge in [-0.2, -0.15) is 5.26 Å². The van der Waals surface area contributed by atoms with E-state index in [0.29, 0.717) is 27.7 Å². The van der Waals surface area contributed by atoms with Crippen LogP contribution in [0, 0.1) is 18.3 Å². The first-order chi connectivity index (χ1) is 16.5. The van der Waals surface area contributed by atoms with Gasteiger partial charge in [0.2, 0.25) is 12.3 Å². The predicted molar refractivity (Wildman–Crippen MR) is 134 cm³/mol. The van der Waals surface area contributed by atoms with Gasteiger partial charge in [-0.25, -0.2) is 0 Å². The summed E-state index contributed by atoms with van der Waals surface area (Å²) in [4.78, 5) is 12.0. The Labute approximate surface area is 203 Å². The number of rotatable bonds is 6. The summed E-state index contributed by atoms with van der Waals surface area (Å²) in [6, 6.07) is 22.0. The van der Waals surface area contributed by atoms with Gasteiger partial charge in [-0.15, -0.1) is 10.2 Å². The highest BCUT2D eigenvalue weighted by Gasteiger charge is 2.08. The van der Waals surface area contributed by atoms with Gasteiger partial charge in [-0.3, -0.25) is 4.79 Å². The van der Waals surface area contributed by atoms with Crippen LogP contribution in [-0.2, 0) is 0 Å². The fourth-order valence-corrected chi connectivity index (χ4v) is 3.22. The van der Waals surface area contributed by atoms with Crippen LogP contribution >= 0.6 is 11.6 Å². The van der Waals surface area contributed by atoms with E-state index in [2.05, 4.69) is 33.8 Å². The van der Waals surface area contributed by atoms with Crippen LogP contribution in [0.5, 0.6) is 0 Å². The zero-order valence-electron chi connectivity index (χ0n) is 18.9. The van der Waals surface area contributed by atoms with E-state index in [0.717, 1.165) is 29.8 Å². The summed E-state index contributed by atoms with van der Waals surface area (Å²) in [7, 11) is 0. The lowest BCUT2D eigenvalue weighted by Crippen LogP contribution is -2.11. The van der Waals surface area contributed by atoms with Crippen molar-refractivity contribution in [2.24, 2.45) is 0 Å². The lowest BCUT2D eigenvalue weighted by molar-refractivity contribution is 0.102. The molecule has 0 spiro atoms. The molecule has 34 heavy (non-hydrogen) atoms. The molecule has 2 N–H and O–H groups in total. The molecule has 1 heterocycles. The third-order valence-corrected chi connectivity index (χ3v) is 5.35. The van der Waals surface area contributed by atoms with Gasteiger partial charge in [-0.1, -0.05) is 36.7 Å².